The molecule has 0 aliphatic heterocycles. The number of rotatable bonds is 1. The van der Waals surface area contributed by atoms with Crippen LogP contribution in [0.1, 0.15) is 11.1 Å². The Morgan fingerprint density at radius 1 is 0.913 bits per heavy atom. The highest BCUT2D eigenvalue weighted by atomic mass is 14.7. The maximum Gasteiger partial charge on any atom is 0.101 e. The van der Waals surface area contributed by atoms with Gasteiger partial charge in [-0.25, -0.2) is 0 Å². The molecule has 23 heavy (non-hydrogen) atoms. The summed E-state index contributed by atoms with van der Waals surface area (Å²) in [5, 5.41) is 20.6. The van der Waals surface area contributed by atoms with Crippen LogP contribution >= 0.6 is 0 Å². The Bertz CT molecular complexity index is 1140. The first-order valence-corrected chi connectivity index (χ1v) is 7.12. The Morgan fingerprint density at radius 2 is 1.74 bits per heavy atom. The van der Waals surface area contributed by atoms with Crippen molar-refractivity contribution in [1.29, 1.82) is 10.5 Å². The summed E-state index contributed by atoms with van der Waals surface area (Å²) in [6.07, 6.45) is 1.50. The first kappa shape index (κ1) is 13.1. The van der Waals surface area contributed by atoms with E-state index in [9.17, 15) is 5.26 Å². The van der Waals surface area contributed by atoms with E-state index < -0.39 is 0 Å². The fourth-order valence-electron chi connectivity index (χ4n) is 2.90. The van der Waals surface area contributed by atoms with Crippen LogP contribution in [0.4, 0.5) is 0 Å². The maximum atomic E-state index is 9.40. The molecule has 1 N–H and O–H groups in total. The fraction of sp³-hybridized carbons (Fsp3) is 0. The van der Waals surface area contributed by atoms with E-state index >= 15 is 0 Å². The summed E-state index contributed by atoms with van der Waals surface area (Å²) in [5.41, 5.74) is 4.22. The fourth-order valence-corrected chi connectivity index (χ4v) is 2.90. The molecule has 4 rings (SSSR count). The zero-order valence-electron chi connectivity index (χ0n) is 12.0. The largest absolute Gasteiger partial charge is 0.354 e. The highest BCUT2D eigenvalue weighted by molar-refractivity contribution is 6.11. The summed E-state index contributed by atoms with van der Waals surface area (Å²) in [4.78, 5) is 7.76. The molecule has 106 valence electrons. The van der Waals surface area contributed by atoms with Crippen molar-refractivity contribution in [2.75, 3.05) is 0 Å². The van der Waals surface area contributed by atoms with Gasteiger partial charge in [0.25, 0.3) is 0 Å². The smallest absolute Gasteiger partial charge is 0.101 e. The molecule has 0 unspecified atom stereocenters. The number of pyridine rings is 1. The number of H-pyrrole nitrogens is 1. The third-order valence-electron chi connectivity index (χ3n) is 3.93. The Kier molecular flexibility index (Phi) is 2.83. The van der Waals surface area contributed by atoms with Crippen molar-refractivity contribution in [2.45, 2.75) is 0 Å². The van der Waals surface area contributed by atoms with Gasteiger partial charge in [0, 0.05) is 28.0 Å². The van der Waals surface area contributed by atoms with Crippen LogP contribution in [0.3, 0.4) is 0 Å². The predicted molar refractivity (Wildman–Crippen MR) is 88.5 cm³/mol. The minimum atomic E-state index is 0.383. The quantitative estimate of drug-likeness (QED) is 0.573. The summed E-state index contributed by atoms with van der Waals surface area (Å²) in [6, 6.07) is 19.8. The van der Waals surface area contributed by atoms with E-state index in [0.717, 1.165) is 27.4 Å². The van der Waals surface area contributed by atoms with E-state index in [2.05, 4.69) is 22.1 Å². The van der Waals surface area contributed by atoms with Crippen molar-refractivity contribution >= 4 is 21.8 Å². The number of nitrogens with one attached hydrogen (secondary N) is 1. The van der Waals surface area contributed by atoms with E-state index in [-0.39, 0.29) is 0 Å². The van der Waals surface area contributed by atoms with Gasteiger partial charge in [-0.2, -0.15) is 10.5 Å². The summed E-state index contributed by atoms with van der Waals surface area (Å²) < 4.78 is 0. The number of nitrogens with zero attached hydrogens (tertiary/aromatic N) is 3. The minimum Gasteiger partial charge on any atom is -0.354 e. The van der Waals surface area contributed by atoms with Crippen LogP contribution in [0.5, 0.6) is 0 Å². The SMILES string of the molecule is N#Cc1cnc(-c2cccc3c2[nH]c2ccccc23)c(C#N)c1. The second-order valence-corrected chi connectivity index (χ2v) is 5.24. The summed E-state index contributed by atoms with van der Waals surface area (Å²) in [5.74, 6) is 0. The van der Waals surface area contributed by atoms with Crippen LogP contribution in [0.2, 0.25) is 0 Å². The topological polar surface area (TPSA) is 76.3 Å². The molecular weight excluding hydrogens is 284 g/mol. The molecule has 0 aliphatic carbocycles. The first-order valence-electron chi connectivity index (χ1n) is 7.12. The van der Waals surface area contributed by atoms with Gasteiger partial charge in [-0.1, -0.05) is 36.4 Å². The van der Waals surface area contributed by atoms with Crippen LogP contribution in [0, 0.1) is 22.7 Å². The van der Waals surface area contributed by atoms with Gasteiger partial charge < -0.3 is 4.98 Å². The van der Waals surface area contributed by atoms with Crippen molar-refractivity contribution in [2.24, 2.45) is 0 Å². The molecule has 0 atom stereocenters. The van der Waals surface area contributed by atoms with Crippen molar-refractivity contribution in [3.8, 4) is 23.4 Å². The van der Waals surface area contributed by atoms with Gasteiger partial charge in [0.05, 0.1) is 22.3 Å². The van der Waals surface area contributed by atoms with Crippen LogP contribution < -0.4 is 0 Å². The number of aromatic nitrogens is 2. The van der Waals surface area contributed by atoms with Crippen molar-refractivity contribution < 1.29 is 0 Å². The van der Waals surface area contributed by atoms with Crippen LogP contribution in [0.15, 0.2) is 54.7 Å². The molecule has 2 heterocycles. The average molecular weight is 294 g/mol. The predicted octanol–water partition coefficient (Wildman–Crippen LogP) is 4.13. The molecule has 0 saturated heterocycles. The molecular formula is C19H10N4. The number of para-hydroxylation sites is 2. The van der Waals surface area contributed by atoms with Crippen molar-refractivity contribution in [3.63, 3.8) is 0 Å². The third kappa shape index (κ3) is 1.94. The molecule has 0 radical (unpaired) electrons. The normalized spacial score (nSPS) is 10.5. The second kappa shape index (κ2) is 4.98. The zero-order valence-corrected chi connectivity index (χ0v) is 12.0. The Labute approximate surface area is 132 Å². The summed E-state index contributed by atoms with van der Waals surface area (Å²) >= 11 is 0. The molecule has 4 heteroatoms. The second-order valence-electron chi connectivity index (χ2n) is 5.24. The molecule has 0 amide bonds. The van der Waals surface area contributed by atoms with E-state index in [1.165, 1.54) is 6.20 Å². The van der Waals surface area contributed by atoms with Crippen LogP contribution in [0.25, 0.3) is 33.1 Å². The maximum absolute atomic E-state index is 9.40. The van der Waals surface area contributed by atoms with E-state index in [1.54, 1.807) is 6.07 Å². The number of hydrogen-bond acceptors (Lipinski definition) is 3. The molecule has 0 spiro atoms. The van der Waals surface area contributed by atoms with Gasteiger partial charge in [-0.15, -0.1) is 0 Å². The van der Waals surface area contributed by atoms with Gasteiger partial charge in [0.1, 0.15) is 12.1 Å². The third-order valence-corrected chi connectivity index (χ3v) is 3.93. The van der Waals surface area contributed by atoms with E-state index in [0.29, 0.717) is 16.8 Å². The molecule has 0 saturated carbocycles. The lowest BCUT2D eigenvalue weighted by Gasteiger charge is -2.05. The lowest BCUT2D eigenvalue weighted by Crippen LogP contribution is -1.92. The zero-order chi connectivity index (χ0) is 15.8. The number of nitriles is 2. The molecule has 0 aliphatic rings. The van der Waals surface area contributed by atoms with Crippen molar-refractivity contribution in [1.82, 2.24) is 9.97 Å². The van der Waals surface area contributed by atoms with Crippen LogP contribution in [-0.4, -0.2) is 9.97 Å². The molecule has 0 bridgehead atoms. The molecule has 2 aromatic carbocycles. The van der Waals surface area contributed by atoms with Gasteiger partial charge >= 0.3 is 0 Å². The molecule has 4 nitrogen and oxygen atoms in total. The highest BCUT2D eigenvalue weighted by Gasteiger charge is 2.14. The Balaban J connectivity index is 2.08. The number of hydrogen-bond donors (Lipinski definition) is 1. The minimum absolute atomic E-state index is 0.383. The van der Waals surface area contributed by atoms with E-state index in [1.807, 2.05) is 42.5 Å². The van der Waals surface area contributed by atoms with Gasteiger partial charge in [0.15, 0.2) is 0 Å². The summed E-state index contributed by atoms with van der Waals surface area (Å²) in [6.45, 7) is 0. The monoisotopic (exact) mass is 294 g/mol. The average Bonchev–Trinajstić information content (AvgIpc) is 3.00. The first-order chi connectivity index (χ1) is 11.3. The molecule has 0 fully saturated rings. The van der Waals surface area contributed by atoms with Crippen LogP contribution in [-0.2, 0) is 0 Å². The standard InChI is InChI=1S/C19H10N4/c20-9-12-8-13(10-21)18(22-11-12)16-6-3-5-15-14-4-1-2-7-17(14)23-19(15)16/h1-8,11,23H. The lowest BCUT2D eigenvalue weighted by molar-refractivity contribution is 1.28. The Hall–Kier alpha value is -3.63. The summed E-state index contributed by atoms with van der Waals surface area (Å²) in [7, 11) is 0. The number of fused-ring (bicyclic) bond motifs is 3. The van der Waals surface area contributed by atoms with E-state index in [4.69, 9.17) is 5.26 Å². The van der Waals surface area contributed by atoms with Gasteiger partial charge in [-0.05, 0) is 12.1 Å². The van der Waals surface area contributed by atoms with Gasteiger partial charge in [-0.3, -0.25) is 4.98 Å². The van der Waals surface area contributed by atoms with Gasteiger partial charge in [0.2, 0.25) is 0 Å². The molecule has 4 aromatic rings. The molecule has 2 aromatic heterocycles. The number of benzene rings is 2. The lowest BCUT2D eigenvalue weighted by atomic mass is 10.0. The van der Waals surface area contributed by atoms with Crippen molar-refractivity contribution in [3.05, 3.63) is 65.9 Å². The number of aromatic amines is 1. The Morgan fingerprint density at radius 3 is 2.57 bits per heavy atom. The highest BCUT2D eigenvalue weighted by Crippen LogP contribution is 2.33.